The fraction of sp³-hybridized carbons (Fsp3) is 0.467. The van der Waals surface area contributed by atoms with Crippen molar-refractivity contribution >= 4 is 0 Å². The lowest BCUT2D eigenvalue weighted by Crippen LogP contribution is -2.45. The third-order valence-corrected chi connectivity index (χ3v) is 3.87. The number of hydrogen-bond donors (Lipinski definition) is 1. The Morgan fingerprint density at radius 2 is 2.24 bits per heavy atom. The van der Waals surface area contributed by atoms with Gasteiger partial charge in [0.1, 0.15) is 5.75 Å². The van der Waals surface area contributed by atoms with Crippen LogP contribution in [-0.2, 0) is 13.6 Å². The number of aromatic nitrogens is 3. The number of hydrogen-bond acceptors (Lipinski definition) is 5. The standard InChI is InChI=1S/C15H21N5O/c1-19-10-12(17-18-19)11-20-8-7-16-9-14(20)13-5-3-4-6-15(13)21-2/h3-6,10,14,16H,7-9,11H2,1-2H3. The molecule has 6 nitrogen and oxygen atoms in total. The molecule has 1 N–H and O–H groups in total. The van der Waals surface area contributed by atoms with E-state index in [0.29, 0.717) is 0 Å². The van der Waals surface area contributed by atoms with Gasteiger partial charge in [-0.15, -0.1) is 5.10 Å². The summed E-state index contributed by atoms with van der Waals surface area (Å²) in [4.78, 5) is 2.43. The Bertz CT molecular complexity index is 597. The van der Waals surface area contributed by atoms with Gasteiger partial charge in [0.05, 0.1) is 18.8 Å². The average molecular weight is 287 g/mol. The molecule has 1 aromatic heterocycles. The first-order valence-electron chi connectivity index (χ1n) is 7.21. The van der Waals surface area contributed by atoms with E-state index in [-0.39, 0.29) is 6.04 Å². The zero-order valence-electron chi connectivity index (χ0n) is 12.5. The van der Waals surface area contributed by atoms with Crippen LogP contribution in [0.4, 0.5) is 0 Å². The number of benzene rings is 1. The predicted octanol–water partition coefficient (Wildman–Crippen LogP) is 0.970. The Balaban J connectivity index is 1.84. The Kier molecular flexibility index (Phi) is 4.17. The number of nitrogens with one attached hydrogen (secondary N) is 1. The van der Waals surface area contributed by atoms with Crippen molar-refractivity contribution in [2.75, 3.05) is 26.7 Å². The third-order valence-electron chi connectivity index (χ3n) is 3.87. The molecular weight excluding hydrogens is 266 g/mol. The van der Waals surface area contributed by atoms with Crippen LogP contribution in [0, 0.1) is 0 Å². The van der Waals surface area contributed by atoms with Crippen molar-refractivity contribution < 1.29 is 4.74 Å². The van der Waals surface area contributed by atoms with Gasteiger partial charge in [0.15, 0.2) is 0 Å². The van der Waals surface area contributed by atoms with E-state index in [1.807, 2.05) is 25.4 Å². The first-order chi connectivity index (χ1) is 10.3. The zero-order valence-corrected chi connectivity index (χ0v) is 12.5. The van der Waals surface area contributed by atoms with Crippen LogP contribution in [0.3, 0.4) is 0 Å². The molecule has 1 aromatic carbocycles. The van der Waals surface area contributed by atoms with Crippen LogP contribution < -0.4 is 10.1 Å². The molecule has 2 heterocycles. The Labute approximate surface area is 124 Å². The summed E-state index contributed by atoms with van der Waals surface area (Å²) in [6, 6.07) is 8.51. The van der Waals surface area contributed by atoms with Crippen molar-refractivity contribution in [3.8, 4) is 5.75 Å². The predicted molar refractivity (Wildman–Crippen MR) is 80.0 cm³/mol. The van der Waals surface area contributed by atoms with E-state index in [1.165, 1.54) is 5.56 Å². The minimum Gasteiger partial charge on any atom is -0.496 e. The molecular formula is C15H21N5O. The molecule has 1 fully saturated rings. The Morgan fingerprint density at radius 1 is 1.38 bits per heavy atom. The SMILES string of the molecule is COc1ccccc1C1CNCCN1Cc1cn(C)nn1. The van der Waals surface area contributed by atoms with Gasteiger partial charge in [0.25, 0.3) is 0 Å². The maximum atomic E-state index is 5.51. The number of piperazine rings is 1. The molecule has 1 aliphatic rings. The van der Waals surface area contributed by atoms with E-state index in [1.54, 1.807) is 11.8 Å². The minimum atomic E-state index is 0.289. The lowest BCUT2D eigenvalue weighted by Gasteiger charge is -2.36. The third kappa shape index (κ3) is 3.06. The summed E-state index contributed by atoms with van der Waals surface area (Å²) in [6.45, 7) is 3.70. The molecule has 112 valence electrons. The normalized spacial score (nSPS) is 19.6. The molecule has 1 saturated heterocycles. The van der Waals surface area contributed by atoms with Crippen molar-refractivity contribution in [3.63, 3.8) is 0 Å². The Morgan fingerprint density at radius 3 is 3.00 bits per heavy atom. The van der Waals surface area contributed by atoms with Gasteiger partial charge in [-0.1, -0.05) is 23.4 Å². The van der Waals surface area contributed by atoms with Crippen molar-refractivity contribution in [1.82, 2.24) is 25.2 Å². The van der Waals surface area contributed by atoms with Crippen LogP contribution in [0.15, 0.2) is 30.5 Å². The number of para-hydroxylation sites is 1. The van der Waals surface area contributed by atoms with Gasteiger partial charge in [-0.3, -0.25) is 9.58 Å². The summed E-state index contributed by atoms with van der Waals surface area (Å²) in [5.74, 6) is 0.940. The van der Waals surface area contributed by atoms with Gasteiger partial charge in [-0.2, -0.15) is 0 Å². The largest absolute Gasteiger partial charge is 0.496 e. The first-order valence-corrected chi connectivity index (χ1v) is 7.21. The second kappa shape index (κ2) is 6.24. The van der Waals surface area contributed by atoms with Crippen molar-refractivity contribution in [2.45, 2.75) is 12.6 Å². The fourth-order valence-corrected chi connectivity index (χ4v) is 2.86. The van der Waals surface area contributed by atoms with Crippen molar-refractivity contribution in [1.29, 1.82) is 0 Å². The lowest BCUT2D eigenvalue weighted by atomic mass is 10.0. The molecule has 2 aromatic rings. The molecule has 0 aliphatic carbocycles. The number of aryl methyl sites for hydroxylation is 1. The summed E-state index contributed by atoms with van der Waals surface area (Å²) in [5.41, 5.74) is 2.22. The smallest absolute Gasteiger partial charge is 0.123 e. The van der Waals surface area contributed by atoms with E-state index < -0.39 is 0 Å². The number of methoxy groups -OCH3 is 1. The summed E-state index contributed by atoms with van der Waals surface area (Å²) in [7, 11) is 3.62. The average Bonchev–Trinajstić information content (AvgIpc) is 2.93. The van der Waals surface area contributed by atoms with Crippen LogP contribution >= 0.6 is 0 Å². The monoisotopic (exact) mass is 287 g/mol. The molecule has 0 spiro atoms. The van der Waals surface area contributed by atoms with E-state index >= 15 is 0 Å². The van der Waals surface area contributed by atoms with Gasteiger partial charge < -0.3 is 10.1 Å². The molecule has 1 atom stereocenters. The highest BCUT2D eigenvalue weighted by Crippen LogP contribution is 2.30. The molecule has 0 amide bonds. The highest BCUT2D eigenvalue weighted by Gasteiger charge is 2.26. The molecule has 3 rings (SSSR count). The maximum Gasteiger partial charge on any atom is 0.123 e. The second-order valence-corrected chi connectivity index (χ2v) is 5.32. The van der Waals surface area contributed by atoms with E-state index in [0.717, 1.165) is 37.6 Å². The number of rotatable bonds is 4. The molecule has 1 unspecified atom stereocenters. The summed E-state index contributed by atoms with van der Waals surface area (Å²) in [6.07, 6.45) is 1.97. The van der Waals surface area contributed by atoms with E-state index in [9.17, 15) is 0 Å². The molecule has 21 heavy (non-hydrogen) atoms. The molecule has 1 aliphatic heterocycles. The number of nitrogens with zero attached hydrogens (tertiary/aromatic N) is 4. The van der Waals surface area contributed by atoms with Crippen LogP contribution in [0.5, 0.6) is 5.75 Å². The maximum absolute atomic E-state index is 5.51. The summed E-state index contributed by atoms with van der Waals surface area (Å²) < 4.78 is 7.26. The van der Waals surface area contributed by atoms with Crippen LogP contribution in [0.25, 0.3) is 0 Å². The highest BCUT2D eigenvalue weighted by molar-refractivity contribution is 5.36. The van der Waals surface area contributed by atoms with Gasteiger partial charge in [-0.25, -0.2) is 0 Å². The van der Waals surface area contributed by atoms with Crippen LogP contribution in [0.2, 0.25) is 0 Å². The number of ether oxygens (including phenoxy) is 1. The summed E-state index contributed by atoms with van der Waals surface area (Å²) >= 11 is 0. The van der Waals surface area contributed by atoms with Gasteiger partial charge in [0, 0.05) is 45.0 Å². The van der Waals surface area contributed by atoms with Crippen molar-refractivity contribution in [2.24, 2.45) is 7.05 Å². The first kappa shape index (κ1) is 14.0. The van der Waals surface area contributed by atoms with Gasteiger partial charge in [-0.05, 0) is 6.07 Å². The summed E-state index contributed by atoms with van der Waals surface area (Å²) in [5, 5.41) is 11.7. The molecule has 0 bridgehead atoms. The van der Waals surface area contributed by atoms with E-state index in [4.69, 9.17) is 4.74 Å². The Hall–Kier alpha value is -1.92. The molecule has 6 heteroatoms. The molecule has 0 radical (unpaired) electrons. The van der Waals surface area contributed by atoms with Crippen molar-refractivity contribution in [3.05, 3.63) is 41.7 Å². The minimum absolute atomic E-state index is 0.289. The zero-order chi connectivity index (χ0) is 14.7. The quantitative estimate of drug-likeness (QED) is 0.908. The fourth-order valence-electron chi connectivity index (χ4n) is 2.86. The topological polar surface area (TPSA) is 55.2 Å². The molecule has 0 saturated carbocycles. The van der Waals surface area contributed by atoms with Gasteiger partial charge >= 0.3 is 0 Å². The second-order valence-electron chi connectivity index (χ2n) is 5.32. The van der Waals surface area contributed by atoms with Crippen LogP contribution in [-0.4, -0.2) is 46.6 Å². The lowest BCUT2D eigenvalue weighted by molar-refractivity contribution is 0.149. The van der Waals surface area contributed by atoms with Crippen LogP contribution in [0.1, 0.15) is 17.3 Å². The van der Waals surface area contributed by atoms with Gasteiger partial charge in [0.2, 0.25) is 0 Å². The highest BCUT2D eigenvalue weighted by atomic mass is 16.5. The van der Waals surface area contributed by atoms with E-state index in [2.05, 4.69) is 32.7 Å².